The van der Waals surface area contributed by atoms with Gasteiger partial charge in [-0.1, -0.05) is 28.1 Å². The van der Waals surface area contributed by atoms with E-state index in [1.165, 1.54) is 11.1 Å². The number of likely N-dealkylation sites (N-methyl/N-ethyl adjacent to an activating group) is 1. The van der Waals surface area contributed by atoms with Gasteiger partial charge in [0.1, 0.15) is 0 Å². The molecule has 1 unspecified atom stereocenters. The number of rotatable bonds is 6. The van der Waals surface area contributed by atoms with Gasteiger partial charge in [-0.15, -0.1) is 0 Å². The summed E-state index contributed by atoms with van der Waals surface area (Å²) in [5.74, 6) is 1.14. The molecule has 0 spiro atoms. The van der Waals surface area contributed by atoms with Crippen molar-refractivity contribution >= 4 is 27.7 Å². The summed E-state index contributed by atoms with van der Waals surface area (Å²) in [7, 11) is 2.14. The predicted octanol–water partition coefficient (Wildman–Crippen LogP) is 3.05. The van der Waals surface area contributed by atoms with Crippen molar-refractivity contribution in [3.8, 4) is 0 Å². The third kappa shape index (κ3) is 4.28. The first-order valence-corrected chi connectivity index (χ1v) is 7.94. The monoisotopic (exact) mass is 316 g/mol. The van der Waals surface area contributed by atoms with E-state index >= 15 is 0 Å². The summed E-state index contributed by atoms with van der Waals surface area (Å²) in [5.41, 5.74) is 8.47. The van der Waals surface area contributed by atoms with Gasteiger partial charge in [-0.2, -0.15) is 11.8 Å². The summed E-state index contributed by atoms with van der Waals surface area (Å²) < 4.78 is 1.16. The number of thioether (sulfide) groups is 1. The van der Waals surface area contributed by atoms with Gasteiger partial charge in [0.05, 0.1) is 0 Å². The van der Waals surface area contributed by atoms with Crippen LogP contribution in [0.1, 0.15) is 17.2 Å². The van der Waals surface area contributed by atoms with Crippen molar-refractivity contribution < 1.29 is 0 Å². The molecule has 0 aromatic heterocycles. The second-order valence-corrected chi connectivity index (χ2v) is 6.07. The lowest BCUT2D eigenvalue weighted by atomic mass is 10.0. The Bertz CT molecular complexity index is 357. The molecule has 2 N–H and O–H groups in total. The molecule has 0 amide bonds. The molecule has 96 valence electrons. The summed E-state index contributed by atoms with van der Waals surface area (Å²) in [5, 5.41) is 0. The zero-order valence-electron chi connectivity index (χ0n) is 10.7. The summed E-state index contributed by atoms with van der Waals surface area (Å²) in [6.07, 6.45) is 2.13. The number of hydrogen-bond donors (Lipinski definition) is 1. The lowest BCUT2D eigenvalue weighted by molar-refractivity contribution is 0.265. The smallest absolute Gasteiger partial charge is 0.0467 e. The molecule has 1 aromatic carbocycles. The van der Waals surface area contributed by atoms with Gasteiger partial charge >= 0.3 is 0 Å². The Kier molecular flexibility index (Phi) is 6.55. The van der Waals surface area contributed by atoms with Crippen LogP contribution < -0.4 is 5.73 Å². The summed E-state index contributed by atoms with van der Waals surface area (Å²) in [4.78, 5) is 2.33. The number of halogens is 1. The second-order valence-electron chi connectivity index (χ2n) is 4.23. The molecule has 4 heteroatoms. The van der Waals surface area contributed by atoms with E-state index in [1.54, 1.807) is 0 Å². The van der Waals surface area contributed by atoms with Crippen LogP contribution in [0.4, 0.5) is 0 Å². The fourth-order valence-corrected chi connectivity index (χ4v) is 2.55. The number of benzene rings is 1. The van der Waals surface area contributed by atoms with Crippen LogP contribution in [0.25, 0.3) is 0 Å². The van der Waals surface area contributed by atoms with Crippen molar-refractivity contribution in [1.82, 2.24) is 4.90 Å². The first-order valence-electron chi connectivity index (χ1n) is 5.75. The van der Waals surface area contributed by atoms with E-state index in [2.05, 4.69) is 59.3 Å². The van der Waals surface area contributed by atoms with Crippen molar-refractivity contribution in [3.63, 3.8) is 0 Å². The van der Waals surface area contributed by atoms with Gasteiger partial charge in [-0.25, -0.2) is 0 Å². The van der Waals surface area contributed by atoms with Crippen LogP contribution in [-0.2, 0) is 0 Å². The minimum Gasteiger partial charge on any atom is -0.329 e. The number of nitrogens with zero attached hydrogens (tertiary/aromatic N) is 1. The highest BCUT2D eigenvalue weighted by molar-refractivity contribution is 9.10. The molecule has 1 aromatic rings. The number of aryl methyl sites for hydroxylation is 1. The third-order valence-electron chi connectivity index (χ3n) is 2.97. The van der Waals surface area contributed by atoms with Gasteiger partial charge in [0.15, 0.2) is 0 Å². The van der Waals surface area contributed by atoms with Gasteiger partial charge in [0.25, 0.3) is 0 Å². The van der Waals surface area contributed by atoms with E-state index in [1.807, 2.05) is 11.8 Å². The van der Waals surface area contributed by atoms with E-state index in [0.29, 0.717) is 12.6 Å². The Labute approximate surface area is 117 Å². The van der Waals surface area contributed by atoms with Crippen LogP contribution in [0.5, 0.6) is 0 Å². The topological polar surface area (TPSA) is 29.3 Å². The molecular formula is C13H21BrN2S. The Hall–Kier alpha value is -0.0300. The van der Waals surface area contributed by atoms with Crippen molar-refractivity contribution in [1.29, 1.82) is 0 Å². The molecular weight excluding hydrogens is 296 g/mol. The lowest BCUT2D eigenvalue weighted by Gasteiger charge is -2.27. The third-order valence-corrected chi connectivity index (χ3v) is 4.45. The van der Waals surface area contributed by atoms with E-state index in [4.69, 9.17) is 5.73 Å². The minimum atomic E-state index is 0.314. The van der Waals surface area contributed by atoms with Crippen LogP contribution in [0.2, 0.25) is 0 Å². The average molecular weight is 317 g/mol. The average Bonchev–Trinajstić information content (AvgIpc) is 2.32. The molecule has 1 atom stereocenters. The van der Waals surface area contributed by atoms with Crippen molar-refractivity contribution in [2.24, 2.45) is 5.73 Å². The highest BCUT2D eigenvalue weighted by Gasteiger charge is 2.15. The molecule has 0 fully saturated rings. The minimum absolute atomic E-state index is 0.314. The summed E-state index contributed by atoms with van der Waals surface area (Å²) in [6.45, 7) is 3.84. The molecule has 0 aliphatic carbocycles. The zero-order valence-corrected chi connectivity index (χ0v) is 13.1. The maximum atomic E-state index is 5.91. The highest BCUT2D eigenvalue weighted by atomic mass is 79.9. The fourth-order valence-electron chi connectivity index (χ4n) is 1.84. The standard InChI is InChI=1S/C13H21BrN2S/c1-10-8-11(4-5-12(10)14)13(9-15)16(2)6-7-17-3/h4-5,8,13H,6-7,9,15H2,1-3H3. The predicted molar refractivity (Wildman–Crippen MR) is 81.7 cm³/mol. The summed E-state index contributed by atoms with van der Waals surface area (Å²) >= 11 is 5.40. The molecule has 0 heterocycles. The molecule has 0 radical (unpaired) electrons. The van der Waals surface area contributed by atoms with Crippen LogP contribution in [0, 0.1) is 6.92 Å². The van der Waals surface area contributed by atoms with E-state index in [-0.39, 0.29) is 0 Å². The van der Waals surface area contributed by atoms with Crippen molar-refractivity contribution in [2.75, 3.05) is 32.1 Å². The molecule has 0 bridgehead atoms. The Balaban J connectivity index is 2.81. The number of hydrogen-bond acceptors (Lipinski definition) is 3. The van der Waals surface area contributed by atoms with Gasteiger partial charge < -0.3 is 5.73 Å². The zero-order chi connectivity index (χ0) is 12.8. The molecule has 0 aliphatic heterocycles. The maximum Gasteiger partial charge on any atom is 0.0467 e. The first-order chi connectivity index (χ1) is 8.10. The SMILES string of the molecule is CSCCN(C)C(CN)c1ccc(Br)c(C)c1. The Morgan fingerprint density at radius 2 is 2.18 bits per heavy atom. The van der Waals surface area contributed by atoms with Gasteiger partial charge in [-0.05, 0) is 37.4 Å². The molecule has 0 saturated heterocycles. The maximum absolute atomic E-state index is 5.91. The van der Waals surface area contributed by atoms with Crippen LogP contribution in [-0.4, -0.2) is 37.0 Å². The van der Waals surface area contributed by atoms with Crippen molar-refractivity contribution in [2.45, 2.75) is 13.0 Å². The molecule has 1 rings (SSSR count). The number of nitrogens with two attached hydrogens (primary N) is 1. The Morgan fingerprint density at radius 3 is 2.71 bits per heavy atom. The second kappa shape index (κ2) is 7.41. The largest absolute Gasteiger partial charge is 0.329 e. The summed E-state index contributed by atoms with van der Waals surface area (Å²) in [6, 6.07) is 6.80. The van der Waals surface area contributed by atoms with Gasteiger partial charge in [0, 0.05) is 29.4 Å². The van der Waals surface area contributed by atoms with E-state index in [0.717, 1.165) is 16.8 Å². The fraction of sp³-hybridized carbons (Fsp3) is 0.538. The normalized spacial score (nSPS) is 13.1. The first kappa shape index (κ1) is 15.0. The molecule has 0 saturated carbocycles. The van der Waals surface area contributed by atoms with Crippen LogP contribution in [0.3, 0.4) is 0 Å². The van der Waals surface area contributed by atoms with Crippen molar-refractivity contribution in [3.05, 3.63) is 33.8 Å². The molecule has 2 nitrogen and oxygen atoms in total. The Morgan fingerprint density at radius 1 is 1.47 bits per heavy atom. The molecule has 17 heavy (non-hydrogen) atoms. The van der Waals surface area contributed by atoms with Gasteiger partial charge in [0.2, 0.25) is 0 Å². The van der Waals surface area contributed by atoms with Gasteiger partial charge in [-0.3, -0.25) is 4.90 Å². The van der Waals surface area contributed by atoms with Crippen LogP contribution in [0.15, 0.2) is 22.7 Å². The molecule has 0 aliphatic rings. The van der Waals surface area contributed by atoms with E-state index < -0.39 is 0 Å². The quantitative estimate of drug-likeness (QED) is 0.874. The van der Waals surface area contributed by atoms with E-state index in [9.17, 15) is 0 Å². The van der Waals surface area contributed by atoms with Crippen LogP contribution >= 0.6 is 27.7 Å². The lowest BCUT2D eigenvalue weighted by Crippen LogP contribution is -2.32. The highest BCUT2D eigenvalue weighted by Crippen LogP contribution is 2.24.